The van der Waals surface area contributed by atoms with Gasteiger partial charge in [-0.25, -0.2) is 10.4 Å². The number of amides is 1. The number of hydrogen-bond donors (Lipinski definition) is 3. The third-order valence-corrected chi connectivity index (χ3v) is 8.06. The van der Waals surface area contributed by atoms with Crippen LogP contribution in [0.1, 0.15) is 56.4 Å². The van der Waals surface area contributed by atoms with E-state index in [1.54, 1.807) is 0 Å². The molecule has 1 aliphatic heterocycles. The molecule has 0 fully saturated rings. The predicted octanol–water partition coefficient (Wildman–Crippen LogP) is 6.53. The number of aliphatic imine (C=N–C) groups is 1. The number of halogens is 2. The SMILES string of the molecule is CC(C)(C)CCNNC(=O)[C@@]1(Cc2ccc(Br)cc2)N=C(c2ccc(OCCCO)cc2)O[C@H]1c1ccccc1Br. The van der Waals surface area contributed by atoms with E-state index in [2.05, 4.69) is 63.5 Å². The number of benzene rings is 3. The maximum absolute atomic E-state index is 14.2. The Morgan fingerprint density at radius 2 is 1.76 bits per heavy atom. The zero-order valence-electron chi connectivity index (χ0n) is 23.6. The molecular formula is C32H37Br2N3O4. The summed E-state index contributed by atoms with van der Waals surface area (Å²) in [7, 11) is 0. The lowest BCUT2D eigenvalue weighted by Crippen LogP contribution is -2.54. The maximum atomic E-state index is 14.2. The number of carbonyl (C=O) groups is 1. The van der Waals surface area contributed by atoms with E-state index in [1.807, 2.05) is 72.8 Å². The molecule has 0 spiro atoms. The van der Waals surface area contributed by atoms with E-state index in [9.17, 15) is 4.79 Å². The highest BCUT2D eigenvalue weighted by Gasteiger charge is 2.54. The molecule has 41 heavy (non-hydrogen) atoms. The van der Waals surface area contributed by atoms with Crippen LogP contribution in [0.3, 0.4) is 0 Å². The first-order valence-corrected chi connectivity index (χ1v) is 15.3. The zero-order valence-corrected chi connectivity index (χ0v) is 26.8. The quantitative estimate of drug-likeness (QED) is 0.149. The van der Waals surface area contributed by atoms with Crippen LogP contribution in [0.4, 0.5) is 0 Å². The van der Waals surface area contributed by atoms with E-state index < -0.39 is 11.6 Å². The number of carbonyl (C=O) groups excluding carboxylic acids is 1. The maximum Gasteiger partial charge on any atom is 0.266 e. The van der Waals surface area contributed by atoms with Crippen LogP contribution in [0, 0.1) is 5.41 Å². The second-order valence-electron chi connectivity index (χ2n) is 11.3. The van der Waals surface area contributed by atoms with Crippen molar-refractivity contribution in [1.29, 1.82) is 0 Å². The molecule has 0 aromatic heterocycles. The van der Waals surface area contributed by atoms with Gasteiger partial charge in [-0.2, -0.15) is 0 Å². The monoisotopic (exact) mass is 685 g/mol. The lowest BCUT2D eigenvalue weighted by atomic mass is 9.82. The summed E-state index contributed by atoms with van der Waals surface area (Å²) >= 11 is 7.20. The largest absolute Gasteiger partial charge is 0.494 e. The first kappa shape index (κ1) is 31.2. The minimum Gasteiger partial charge on any atom is -0.494 e. The van der Waals surface area contributed by atoms with Gasteiger partial charge in [-0.15, -0.1) is 0 Å². The molecule has 0 radical (unpaired) electrons. The number of hydrogen-bond acceptors (Lipinski definition) is 6. The fraction of sp³-hybridized carbons (Fsp3) is 0.375. The molecule has 0 aliphatic carbocycles. The van der Waals surface area contributed by atoms with E-state index in [4.69, 9.17) is 19.6 Å². The van der Waals surface area contributed by atoms with E-state index in [0.29, 0.717) is 37.6 Å². The second kappa shape index (κ2) is 14.0. The number of rotatable bonds is 12. The van der Waals surface area contributed by atoms with Gasteiger partial charge in [-0.05, 0) is 59.9 Å². The Hall–Kier alpha value is -2.72. The van der Waals surface area contributed by atoms with Crippen LogP contribution < -0.4 is 15.6 Å². The van der Waals surface area contributed by atoms with Gasteiger partial charge in [-0.3, -0.25) is 10.2 Å². The smallest absolute Gasteiger partial charge is 0.266 e. The molecule has 3 N–H and O–H groups in total. The molecule has 4 rings (SSSR count). The van der Waals surface area contributed by atoms with Crippen molar-refractivity contribution in [2.24, 2.45) is 10.4 Å². The molecule has 0 bridgehead atoms. The molecule has 0 saturated carbocycles. The van der Waals surface area contributed by atoms with Gasteiger partial charge in [0, 0.05) is 46.1 Å². The number of nitrogens with one attached hydrogen (secondary N) is 2. The standard InChI is InChI=1S/C32H37Br2N3O4/c1-31(2,3)17-18-35-37-30(39)32(21-22-9-13-24(33)14-10-22)28(26-7-4-5-8-27(26)34)41-29(36-32)23-11-15-25(16-12-23)40-20-6-19-38/h4-5,7-16,28,35,38H,6,17-21H2,1-3H3,(H,37,39)/t28-,32-/m0/s1. The van der Waals surface area contributed by atoms with Crippen LogP contribution in [0.5, 0.6) is 5.75 Å². The van der Waals surface area contributed by atoms with Crippen molar-refractivity contribution >= 4 is 43.7 Å². The van der Waals surface area contributed by atoms with Crippen LogP contribution in [-0.2, 0) is 16.0 Å². The Bertz CT molecular complexity index is 1340. The zero-order chi connectivity index (χ0) is 29.5. The van der Waals surface area contributed by atoms with Gasteiger partial charge in [-0.1, -0.05) is 83.0 Å². The van der Waals surface area contributed by atoms with E-state index >= 15 is 0 Å². The van der Waals surface area contributed by atoms with Crippen molar-refractivity contribution in [3.8, 4) is 5.75 Å². The van der Waals surface area contributed by atoms with Crippen molar-refractivity contribution in [2.45, 2.75) is 51.7 Å². The first-order chi connectivity index (χ1) is 19.6. The molecule has 2 atom stereocenters. The summed E-state index contributed by atoms with van der Waals surface area (Å²) < 4.78 is 14.1. The Morgan fingerprint density at radius 1 is 1.05 bits per heavy atom. The Morgan fingerprint density at radius 3 is 2.41 bits per heavy atom. The molecule has 3 aromatic rings. The van der Waals surface area contributed by atoms with Gasteiger partial charge in [0.2, 0.25) is 5.90 Å². The molecule has 0 unspecified atom stereocenters. The minimum atomic E-state index is -1.29. The van der Waals surface area contributed by atoms with E-state index in [0.717, 1.165) is 32.1 Å². The highest BCUT2D eigenvalue weighted by molar-refractivity contribution is 9.10. The van der Waals surface area contributed by atoms with Crippen molar-refractivity contribution in [3.63, 3.8) is 0 Å². The summed E-state index contributed by atoms with van der Waals surface area (Å²) in [4.78, 5) is 19.3. The van der Waals surface area contributed by atoms with Crippen molar-refractivity contribution in [2.75, 3.05) is 19.8 Å². The van der Waals surface area contributed by atoms with Crippen molar-refractivity contribution < 1.29 is 19.4 Å². The number of hydrazine groups is 1. The molecule has 9 heteroatoms. The first-order valence-electron chi connectivity index (χ1n) is 13.7. The minimum absolute atomic E-state index is 0.0761. The van der Waals surface area contributed by atoms with Gasteiger partial charge >= 0.3 is 0 Å². The number of ether oxygens (including phenoxy) is 2. The molecular weight excluding hydrogens is 650 g/mol. The van der Waals surface area contributed by atoms with Gasteiger partial charge in [0.15, 0.2) is 11.6 Å². The Balaban J connectivity index is 1.73. The molecule has 1 aliphatic rings. The highest BCUT2D eigenvalue weighted by atomic mass is 79.9. The normalized spacial score (nSPS) is 18.5. The fourth-order valence-electron chi connectivity index (χ4n) is 4.55. The van der Waals surface area contributed by atoms with Gasteiger partial charge < -0.3 is 14.6 Å². The average molecular weight is 687 g/mol. The fourth-order valence-corrected chi connectivity index (χ4v) is 5.31. The summed E-state index contributed by atoms with van der Waals surface area (Å²) in [5.74, 6) is 0.800. The van der Waals surface area contributed by atoms with Crippen LogP contribution >= 0.6 is 31.9 Å². The summed E-state index contributed by atoms with van der Waals surface area (Å²) in [5.41, 5.74) is 7.45. The Labute approximate surface area is 259 Å². The van der Waals surface area contributed by atoms with Gasteiger partial charge in [0.25, 0.3) is 5.91 Å². The van der Waals surface area contributed by atoms with Crippen LogP contribution in [0.2, 0.25) is 0 Å². The summed E-state index contributed by atoms with van der Waals surface area (Å²) in [6, 6.07) is 23.1. The lowest BCUT2D eigenvalue weighted by molar-refractivity contribution is -0.130. The van der Waals surface area contributed by atoms with Crippen molar-refractivity contribution in [3.05, 3.63) is 98.4 Å². The Kier molecular flexibility index (Phi) is 10.6. The molecule has 7 nitrogen and oxygen atoms in total. The van der Waals surface area contributed by atoms with Gasteiger partial charge in [0.05, 0.1) is 6.61 Å². The summed E-state index contributed by atoms with van der Waals surface area (Å²) in [5, 5.41) is 9.03. The van der Waals surface area contributed by atoms with Crippen LogP contribution in [0.25, 0.3) is 0 Å². The topological polar surface area (TPSA) is 92.2 Å². The van der Waals surface area contributed by atoms with Crippen LogP contribution in [-0.4, -0.2) is 42.2 Å². The third-order valence-electron chi connectivity index (χ3n) is 6.81. The number of aliphatic hydroxyl groups excluding tert-OH is 1. The highest BCUT2D eigenvalue weighted by Crippen LogP contribution is 2.44. The molecule has 218 valence electrons. The van der Waals surface area contributed by atoms with E-state index in [-0.39, 0.29) is 17.9 Å². The number of aliphatic hydroxyl groups is 1. The summed E-state index contributed by atoms with van der Waals surface area (Å²) in [6.45, 7) is 7.62. The molecule has 1 heterocycles. The number of nitrogens with zero attached hydrogens (tertiary/aromatic N) is 1. The third kappa shape index (κ3) is 8.19. The molecule has 1 amide bonds. The predicted molar refractivity (Wildman–Crippen MR) is 169 cm³/mol. The lowest BCUT2D eigenvalue weighted by Gasteiger charge is -2.31. The second-order valence-corrected chi connectivity index (χ2v) is 13.1. The average Bonchev–Trinajstić information content (AvgIpc) is 3.32. The molecule has 0 saturated heterocycles. The van der Waals surface area contributed by atoms with Gasteiger partial charge in [0.1, 0.15) is 5.75 Å². The van der Waals surface area contributed by atoms with Crippen molar-refractivity contribution in [1.82, 2.24) is 10.9 Å². The summed E-state index contributed by atoms with van der Waals surface area (Å²) in [6.07, 6.45) is 1.08. The van der Waals surface area contributed by atoms with E-state index in [1.165, 1.54) is 0 Å². The molecule has 3 aromatic carbocycles. The van der Waals surface area contributed by atoms with Crippen LogP contribution in [0.15, 0.2) is 86.7 Å².